The van der Waals surface area contributed by atoms with Gasteiger partial charge in [0.25, 0.3) is 0 Å². The molecule has 1 amide bonds. The van der Waals surface area contributed by atoms with Crippen LogP contribution in [0.15, 0.2) is 0 Å². The summed E-state index contributed by atoms with van der Waals surface area (Å²) in [6.45, 7) is 2.68. The molecule has 1 saturated carbocycles. The molecule has 1 aliphatic heterocycles. The summed E-state index contributed by atoms with van der Waals surface area (Å²) in [7, 11) is 0. The molecule has 1 aliphatic carbocycles. The highest BCUT2D eigenvalue weighted by molar-refractivity contribution is 5.86. The molecular weight excluding hydrogens is 246 g/mol. The predicted molar refractivity (Wildman–Crippen MR) is 70.7 cm³/mol. The molecule has 0 atom stereocenters. The van der Waals surface area contributed by atoms with Gasteiger partial charge in [0.1, 0.15) is 0 Å². The van der Waals surface area contributed by atoms with Gasteiger partial charge < -0.3 is 15.7 Å². The molecule has 3 N–H and O–H groups in total. The van der Waals surface area contributed by atoms with Crippen molar-refractivity contribution in [3.63, 3.8) is 0 Å². The van der Waals surface area contributed by atoms with Gasteiger partial charge in [-0.25, -0.2) is 0 Å². The van der Waals surface area contributed by atoms with Gasteiger partial charge in [-0.3, -0.25) is 14.5 Å². The lowest BCUT2D eigenvalue weighted by atomic mass is 9.97. The Morgan fingerprint density at radius 2 is 1.74 bits per heavy atom. The van der Waals surface area contributed by atoms with Crippen LogP contribution in [0.1, 0.15) is 32.1 Å². The Morgan fingerprint density at radius 1 is 1.05 bits per heavy atom. The maximum absolute atomic E-state index is 12.5. The fourth-order valence-electron chi connectivity index (χ4n) is 3.06. The van der Waals surface area contributed by atoms with Gasteiger partial charge in [-0.05, 0) is 19.3 Å². The normalized spacial score (nSPS) is 24.2. The first-order valence-electron chi connectivity index (χ1n) is 7.04. The first kappa shape index (κ1) is 14.3. The van der Waals surface area contributed by atoms with Crippen molar-refractivity contribution in [1.82, 2.24) is 9.80 Å². The summed E-state index contributed by atoms with van der Waals surface area (Å²) in [6, 6.07) is 0. The molecule has 19 heavy (non-hydrogen) atoms. The van der Waals surface area contributed by atoms with Crippen LogP contribution >= 0.6 is 0 Å². The number of carbonyl (C=O) groups excluding carboxylic acids is 1. The molecule has 0 radical (unpaired) electrons. The first-order valence-corrected chi connectivity index (χ1v) is 7.04. The minimum Gasteiger partial charge on any atom is -0.480 e. The summed E-state index contributed by atoms with van der Waals surface area (Å²) in [5.74, 6) is -0.756. The van der Waals surface area contributed by atoms with Gasteiger partial charge in [0, 0.05) is 26.2 Å². The lowest BCUT2D eigenvalue weighted by Crippen LogP contribution is -2.54. The number of hydrogen-bond donors (Lipinski definition) is 2. The summed E-state index contributed by atoms with van der Waals surface area (Å²) >= 11 is 0. The van der Waals surface area contributed by atoms with Crippen molar-refractivity contribution >= 4 is 11.9 Å². The maximum atomic E-state index is 12.5. The van der Waals surface area contributed by atoms with Crippen molar-refractivity contribution in [3.05, 3.63) is 0 Å². The lowest BCUT2D eigenvalue weighted by molar-refractivity contribution is -0.138. The number of aliphatic carboxylic acids is 1. The van der Waals surface area contributed by atoms with Crippen molar-refractivity contribution in [2.45, 2.75) is 37.6 Å². The van der Waals surface area contributed by atoms with Gasteiger partial charge in [-0.1, -0.05) is 12.8 Å². The summed E-state index contributed by atoms with van der Waals surface area (Å²) in [6.07, 6.45) is 4.43. The molecule has 2 fully saturated rings. The van der Waals surface area contributed by atoms with Gasteiger partial charge in [0.15, 0.2) is 0 Å². The second-order valence-corrected chi connectivity index (χ2v) is 5.68. The number of amides is 1. The van der Waals surface area contributed by atoms with Gasteiger partial charge >= 0.3 is 5.97 Å². The molecule has 1 heterocycles. The van der Waals surface area contributed by atoms with Crippen LogP contribution in [0.5, 0.6) is 0 Å². The third-order valence-electron chi connectivity index (χ3n) is 4.16. The van der Waals surface area contributed by atoms with Crippen LogP contribution in [0.4, 0.5) is 0 Å². The van der Waals surface area contributed by atoms with Crippen LogP contribution < -0.4 is 5.73 Å². The monoisotopic (exact) mass is 269 g/mol. The fourth-order valence-corrected chi connectivity index (χ4v) is 3.06. The number of nitrogens with zero attached hydrogens (tertiary/aromatic N) is 2. The zero-order chi connectivity index (χ0) is 13.9. The molecule has 6 nitrogen and oxygen atoms in total. The van der Waals surface area contributed by atoms with Crippen molar-refractivity contribution < 1.29 is 14.7 Å². The van der Waals surface area contributed by atoms with E-state index in [9.17, 15) is 9.59 Å². The SMILES string of the molecule is NC1(C(=O)N2CCCN(CC(=O)O)CC2)CCCC1. The van der Waals surface area contributed by atoms with E-state index in [1.165, 1.54) is 0 Å². The average molecular weight is 269 g/mol. The van der Waals surface area contributed by atoms with E-state index in [1.54, 1.807) is 0 Å². The third-order valence-corrected chi connectivity index (χ3v) is 4.16. The van der Waals surface area contributed by atoms with E-state index in [0.29, 0.717) is 19.6 Å². The minimum atomic E-state index is -0.814. The van der Waals surface area contributed by atoms with E-state index in [1.807, 2.05) is 9.80 Å². The van der Waals surface area contributed by atoms with E-state index >= 15 is 0 Å². The highest BCUT2D eigenvalue weighted by Gasteiger charge is 2.40. The second kappa shape index (κ2) is 5.88. The Kier molecular flexibility index (Phi) is 4.42. The predicted octanol–water partition coefficient (Wildman–Crippen LogP) is -0.123. The van der Waals surface area contributed by atoms with Gasteiger partial charge in [0.2, 0.25) is 5.91 Å². The maximum Gasteiger partial charge on any atom is 0.317 e. The Labute approximate surface area is 113 Å². The summed E-state index contributed by atoms with van der Waals surface area (Å²) in [5.41, 5.74) is 5.54. The van der Waals surface area contributed by atoms with Crippen LogP contribution in [0.2, 0.25) is 0 Å². The summed E-state index contributed by atoms with van der Waals surface area (Å²) < 4.78 is 0. The molecule has 0 spiro atoms. The molecule has 2 rings (SSSR count). The molecule has 2 aliphatic rings. The number of hydrogen-bond acceptors (Lipinski definition) is 4. The van der Waals surface area contributed by atoms with Crippen LogP contribution in [0.25, 0.3) is 0 Å². The van der Waals surface area contributed by atoms with E-state index in [-0.39, 0.29) is 12.5 Å². The number of carboxylic acids is 1. The van der Waals surface area contributed by atoms with E-state index in [0.717, 1.165) is 38.6 Å². The summed E-state index contributed by atoms with van der Waals surface area (Å²) in [5, 5.41) is 8.80. The number of rotatable bonds is 3. The van der Waals surface area contributed by atoms with E-state index in [2.05, 4.69) is 0 Å². The molecular formula is C13H23N3O3. The summed E-state index contributed by atoms with van der Waals surface area (Å²) in [4.78, 5) is 26.9. The van der Waals surface area contributed by atoms with Crippen LogP contribution in [0.3, 0.4) is 0 Å². The molecule has 0 aromatic rings. The van der Waals surface area contributed by atoms with Crippen molar-refractivity contribution in [2.24, 2.45) is 5.73 Å². The number of carboxylic acid groups (broad SMARTS) is 1. The number of carbonyl (C=O) groups is 2. The molecule has 108 valence electrons. The smallest absolute Gasteiger partial charge is 0.317 e. The highest BCUT2D eigenvalue weighted by atomic mass is 16.4. The van der Waals surface area contributed by atoms with Gasteiger partial charge in [0.05, 0.1) is 12.1 Å². The Hall–Kier alpha value is -1.14. The van der Waals surface area contributed by atoms with Crippen molar-refractivity contribution in [2.75, 3.05) is 32.7 Å². The third kappa shape index (κ3) is 3.45. The second-order valence-electron chi connectivity index (χ2n) is 5.68. The lowest BCUT2D eigenvalue weighted by Gasteiger charge is -2.30. The fraction of sp³-hybridized carbons (Fsp3) is 0.846. The molecule has 0 aromatic carbocycles. The highest BCUT2D eigenvalue weighted by Crippen LogP contribution is 2.29. The zero-order valence-corrected chi connectivity index (χ0v) is 11.3. The first-order chi connectivity index (χ1) is 9.01. The quantitative estimate of drug-likeness (QED) is 0.745. The molecule has 0 unspecified atom stereocenters. The number of nitrogens with two attached hydrogens (primary N) is 1. The van der Waals surface area contributed by atoms with E-state index < -0.39 is 11.5 Å². The molecule has 6 heteroatoms. The minimum absolute atomic E-state index is 0.0514. The topological polar surface area (TPSA) is 86.9 Å². The van der Waals surface area contributed by atoms with Crippen molar-refractivity contribution in [3.8, 4) is 0 Å². The standard InChI is InChI=1S/C13H23N3O3/c14-13(4-1-2-5-13)12(19)16-7-3-6-15(8-9-16)10-11(17)18/h1-10,14H2,(H,17,18). The molecule has 0 aromatic heterocycles. The molecule has 0 bridgehead atoms. The van der Waals surface area contributed by atoms with E-state index in [4.69, 9.17) is 10.8 Å². The average Bonchev–Trinajstić information content (AvgIpc) is 2.67. The largest absolute Gasteiger partial charge is 0.480 e. The van der Waals surface area contributed by atoms with Crippen LogP contribution in [0, 0.1) is 0 Å². The zero-order valence-electron chi connectivity index (χ0n) is 11.3. The van der Waals surface area contributed by atoms with Crippen LogP contribution in [-0.2, 0) is 9.59 Å². The van der Waals surface area contributed by atoms with Gasteiger partial charge in [-0.2, -0.15) is 0 Å². The van der Waals surface area contributed by atoms with Crippen LogP contribution in [-0.4, -0.2) is 65.0 Å². The Balaban J connectivity index is 1.91. The Morgan fingerprint density at radius 3 is 2.37 bits per heavy atom. The van der Waals surface area contributed by atoms with Gasteiger partial charge in [-0.15, -0.1) is 0 Å². The Bertz CT molecular complexity index is 353. The molecule has 1 saturated heterocycles. The van der Waals surface area contributed by atoms with Crippen molar-refractivity contribution in [1.29, 1.82) is 0 Å².